The second-order valence-corrected chi connectivity index (χ2v) is 4.19. The summed E-state index contributed by atoms with van der Waals surface area (Å²) >= 11 is 0. The van der Waals surface area contributed by atoms with E-state index in [1.165, 1.54) is 6.20 Å². The Hall–Kier alpha value is -1.91. The van der Waals surface area contributed by atoms with Crippen LogP contribution in [0.4, 0.5) is 0 Å². The van der Waals surface area contributed by atoms with Crippen molar-refractivity contribution in [3.05, 3.63) is 29.6 Å². The number of hydrogen-bond acceptors (Lipinski definition) is 3. The van der Waals surface area contributed by atoms with Crippen LogP contribution in [0.5, 0.6) is 0 Å². The van der Waals surface area contributed by atoms with Gasteiger partial charge >= 0.3 is 0 Å². The van der Waals surface area contributed by atoms with E-state index in [1.807, 2.05) is 6.92 Å². The minimum atomic E-state index is -0.672. The van der Waals surface area contributed by atoms with Crippen LogP contribution in [0.15, 0.2) is 12.3 Å². The van der Waals surface area contributed by atoms with Gasteiger partial charge in [0.2, 0.25) is 0 Å². The third-order valence-electron chi connectivity index (χ3n) is 2.98. The highest BCUT2D eigenvalue weighted by Crippen LogP contribution is 2.19. The molecule has 0 aliphatic carbocycles. The van der Waals surface area contributed by atoms with Gasteiger partial charge in [-0.1, -0.05) is 0 Å². The summed E-state index contributed by atoms with van der Waals surface area (Å²) in [7, 11) is 0. The molecule has 1 aromatic rings. The van der Waals surface area contributed by atoms with Crippen LogP contribution < -0.4 is 5.73 Å². The van der Waals surface area contributed by atoms with E-state index < -0.39 is 5.91 Å². The molecule has 89 valence electrons. The average Bonchev–Trinajstić information content (AvgIpc) is 2.74. The van der Waals surface area contributed by atoms with Crippen LogP contribution in [0.2, 0.25) is 0 Å². The Kier molecular flexibility index (Phi) is 3.08. The van der Waals surface area contributed by atoms with Crippen LogP contribution >= 0.6 is 0 Å². The van der Waals surface area contributed by atoms with Crippen molar-refractivity contribution in [3.63, 3.8) is 0 Å². The molecule has 1 saturated heterocycles. The number of rotatable bonds is 2. The van der Waals surface area contributed by atoms with Crippen LogP contribution in [0.25, 0.3) is 0 Å². The van der Waals surface area contributed by atoms with E-state index in [9.17, 15) is 9.59 Å². The lowest BCUT2D eigenvalue weighted by Gasteiger charge is -2.21. The molecule has 5 heteroatoms. The Balaban J connectivity index is 2.24. The maximum atomic E-state index is 12.1. The molecule has 1 radical (unpaired) electrons. The van der Waals surface area contributed by atoms with E-state index in [0.717, 1.165) is 19.4 Å². The minimum absolute atomic E-state index is 0.00250. The van der Waals surface area contributed by atoms with Gasteiger partial charge < -0.3 is 10.6 Å². The summed E-state index contributed by atoms with van der Waals surface area (Å²) in [6, 6.07) is 4.46. The molecule has 0 saturated carbocycles. The predicted octanol–water partition coefficient (Wildman–Crippen LogP) is 0.605. The standard InChI is InChI=1S/C12H14N3O2/c1-8-3-2-6-15(8)12(17)9-4-5-14-10(7-9)11(13)16/h4-5,8H,2-3,6H2,1H3,(H2,13,16). The van der Waals surface area contributed by atoms with Gasteiger partial charge in [-0.2, -0.15) is 0 Å². The summed E-state index contributed by atoms with van der Waals surface area (Å²) in [6.07, 6.45) is 3.44. The van der Waals surface area contributed by atoms with E-state index in [2.05, 4.69) is 11.1 Å². The molecule has 17 heavy (non-hydrogen) atoms. The smallest absolute Gasteiger partial charge is 0.267 e. The van der Waals surface area contributed by atoms with Crippen molar-refractivity contribution in [2.45, 2.75) is 25.8 Å². The van der Waals surface area contributed by atoms with E-state index in [0.29, 0.717) is 5.56 Å². The quantitative estimate of drug-likeness (QED) is 0.811. The predicted molar refractivity (Wildman–Crippen MR) is 61.3 cm³/mol. The number of aromatic nitrogens is 1. The van der Waals surface area contributed by atoms with Gasteiger partial charge in [-0.05, 0) is 25.8 Å². The number of carbonyl (C=O) groups is 2. The second kappa shape index (κ2) is 4.53. The largest absolute Gasteiger partial charge is 0.364 e. The topological polar surface area (TPSA) is 76.3 Å². The van der Waals surface area contributed by atoms with Gasteiger partial charge in [0.05, 0.1) is 5.56 Å². The molecule has 1 fully saturated rings. The first-order valence-corrected chi connectivity index (χ1v) is 5.58. The third-order valence-corrected chi connectivity index (χ3v) is 2.98. The molecule has 5 nitrogen and oxygen atoms in total. The normalized spacial score (nSPS) is 19.4. The molecule has 2 rings (SSSR count). The molecule has 1 aromatic heterocycles. The molecule has 2 amide bonds. The van der Waals surface area contributed by atoms with Gasteiger partial charge in [-0.25, -0.2) is 0 Å². The first-order valence-electron chi connectivity index (χ1n) is 5.58. The average molecular weight is 232 g/mol. The zero-order valence-corrected chi connectivity index (χ0v) is 9.64. The van der Waals surface area contributed by atoms with Crippen LogP contribution in [-0.2, 0) is 0 Å². The number of nitrogens with zero attached hydrogens (tertiary/aromatic N) is 2. The highest BCUT2D eigenvalue weighted by atomic mass is 16.2. The Morgan fingerprint density at radius 2 is 2.35 bits per heavy atom. The van der Waals surface area contributed by atoms with Gasteiger partial charge in [0, 0.05) is 24.8 Å². The van der Waals surface area contributed by atoms with Crippen molar-refractivity contribution in [1.82, 2.24) is 9.88 Å². The van der Waals surface area contributed by atoms with Crippen molar-refractivity contribution in [2.75, 3.05) is 6.54 Å². The van der Waals surface area contributed by atoms with E-state index >= 15 is 0 Å². The second-order valence-electron chi connectivity index (χ2n) is 4.19. The highest BCUT2D eigenvalue weighted by molar-refractivity contribution is 5.97. The Morgan fingerprint density at radius 3 is 2.94 bits per heavy atom. The SMILES string of the molecule is CC1CCCN1C(=O)c1[c]c(C(N)=O)ncc1. The summed E-state index contributed by atoms with van der Waals surface area (Å²) in [5, 5.41) is 0. The fourth-order valence-corrected chi connectivity index (χ4v) is 2.03. The lowest BCUT2D eigenvalue weighted by molar-refractivity contribution is 0.0747. The zero-order valence-electron chi connectivity index (χ0n) is 9.64. The number of amides is 2. The third kappa shape index (κ3) is 2.27. The number of likely N-dealkylation sites (tertiary alicyclic amines) is 1. The Bertz CT molecular complexity index is 459. The van der Waals surface area contributed by atoms with E-state index in [4.69, 9.17) is 5.73 Å². The summed E-state index contributed by atoms with van der Waals surface area (Å²) in [5.74, 6) is -0.783. The number of pyridine rings is 1. The van der Waals surface area contributed by atoms with Crippen molar-refractivity contribution in [3.8, 4) is 0 Å². The van der Waals surface area contributed by atoms with Gasteiger partial charge in [0.15, 0.2) is 0 Å². The molecular formula is C12H14N3O2. The van der Waals surface area contributed by atoms with E-state index in [-0.39, 0.29) is 17.6 Å². The number of primary amides is 1. The monoisotopic (exact) mass is 232 g/mol. The molecule has 1 aliphatic heterocycles. The Labute approximate surface area is 99.6 Å². The molecule has 2 N–H and O–H groups in total. The van der Waals surface area contributed by atoms with Crippen molar-refractivity contribution in [1.29, 1.82) is 0 Å². The molecule has 0 bridgehead atoms. The van der Waals surface area contributed by atoms with Gasteiger partial charge in [0.25, 0.3) is 11.8 Å². The van der Waals surface area contributed by atoms with E-state index in [1.54, 1.807) is 11.0 Å². The lowest BCUT2D eigenvalue weighted by atomic mass is 10.2. The molecule has 1 atom stereocenters. The summed E-state index contributed by atoms with van der Waals surface area (Å²) in [4.78, 5) is 28.7. The molecule has 0 spiro atoms. The van der Waals surface area contributed by atoms with Crippen LogP contribution in [0.3, 0.4) is 0 Å². The van der Waals surface area contributed by atoms with Gasteiger partial charge in [0.1, 0.15) is 5.69 Å². The van der Waals surface area contributed by atoms with Crippen LogP contribution in [0, 0.1) is 6.07 Å². The zero-order chi connectivity index (χ0) is 12.4. The maximum Gasteiger partial charge on any atom is 0.267 e. The highest BCUT2D eigenvalue weighted by Gasteiger charge is 2.26. The summed E-state index contributed by atoms with van der Waals surface area (Å²) in [6.45, 7) is 2.77. The fraction of sp³-hybridized carbons (Fsp3) is 0.417. The number of hydrogen-bond donors (Lipinski definition) is 1. The summed E-state index contributed by atoms with van der Waals surface area (Å²) in [5.41, 5.74) is 5.46. The minimum Gasteiger partial charge on any atom is -0.364 e. The van der Waals surface area contributed by atoms with Crippen LogP contribution in [0.1, 0.15) is 40.6 Å². The molecule has 1 aliphatic rings. The van der Waals surface area contributed by atoms with Crippen molar-refractivity contribution < 1.29 is 9.59 Å². The summed E-state index contributed by atoms with van der Waals surface area (Å²) < 4.78 is 0. The van der Waals surface area contributed by atoms with Gasteiger partial charge in [-0.15, -0.1) is 0 Å². The first kappa shape index (κ1) is 11.6. The number of carbonyl (C=O) groups excluding carboxylic acids is 2. The Morgan fingerprint density at radius 1 is 1.59 bits per heavy atom. The maximum absolute atomic E-state index is 12.1. The van der Waals surface area contributed by atoms with Crippen molar-refractivity contribution >= 4 is 11.8 Å². The fourth-order valence-electron chi connectivity index (χ4n) is 2.03. The van der Waals surface area contributed by atoms with Crippen LogP contribution in [-0.4, -0.2) is 34.3 Å². The lowest BCUT2D eigenvalue weighted by Crippen LogP contribution is -2.33. The first-order chi connectivity index (χ1) is 8.09. The number of nitrogens with two attached hydrogens (primary N) is 1. The van der Waals surface area contributed by atoms with Gasteiger partial charge in [-0.3, -0.25) is 14.6 Å². The molecule has 1 unspecified atom stereocenters. The molecular weight excluding hydrogens is 218 g/mol. The molecule has 2 heterocycles. The molecule has 0 aromatic carbocycles. The van der Waals surface area contributed by atoms with Crippen molar-refractivity contribution in [2.24, 2.45) is 5.73 Å².